The van der Waals surface area contributed by atoms with Crippen molar-refractivity contribution in [1.82, 2.24) is 9.80 Å². The fourth-order valence-electron chi connectivity index (χ4n) is 4.22. The fraction of sp³-hybridized carbons (Fsp3) is 0.478. The third kappa shape index (κ3) is 4.84. The molecule has 0 aliphatic carbocycles. The van der Waals surface area contributed by atoms with Crippen LogP contribution in [0.5, 0.6) is 0 Å². The number of rotatable bonds is 5. The van der Waals surface area contributed by atoms with Gasteiger partial charge in [0.25, 0.3) is 5.91 Å². The number of hydrogen-bond donors (Lipinski definition) is 1. The molecule has 2 aromatic rings. The Hall–Kier alpha value is -2.38. The summed E-state index contributed by atoms with van der Waals surface area (Å²) in [6.07, 6.45) is 1.42. The van der Waals surface area contributed by atoms with Gasteiger partial charge in [0.1, 0.15) is 0 Å². The summed E-state index contributed by atoms with van der Waals surface area (Å²) in [6, 6.07) is 11.9. The quantitative estimate of drug-likeness (QED) is 0.796. The zero-order valence-electron chi connectivity index (χ0n) is 17.5. The third-order valence-corrected chi connectivity index (χ3v) is 7.06. The van der Waals surface area contributed by atoms with Crippen LogP contribution in [0.1, 0.15) is 29.4 Å². The lowest BCUT2D eigenvalue weighted by Crippen LogP contribution is -2.46. The molecule has 0 radical (unpaired) electrons. The summed E-state index contributed by atoms with van der Waals surface area (Å²) in [5.41, 5.74) is 2.05. The van der Waals surface area contributed by atoms with Gasteiger partial charge in [0, 0.05) is 56.6 Å². The molecule has 2 fully saturated rings. The lowest BCUT2D eigenvalue weighted by Gasteiger charge is -2.35. The highest BCUT2D eigenvalue weighted by atomic mass is 32.1. The van der Waals surface area contributed by atoms with Gasteiger partial charge in [-0.25, -0.2) is 0 Å². The maximum Gasteiger partial charge on any atom is 0.263 e. The molecular formula is C23H30N4O2S. The number of likely N-dealkylation sites (N-methyl/N-ethyl adjacent to an activating group) is 1. The number of anilines is 2. The molecule has 2 saturated heterocycles. The highest BCUT2D eigenvalue weighted by molar-refractivity contribution is 7.12. The monoisotopic (exact) mass is 426 g/mol. The van der Waals surface area contributed by atoms with Gasteiger partial charge in [-0.05, 0) is 55.1 Å². The second kappa shape index (κ2) is 9.62. The van der Waals surface area contributed by atoms with E-state index in [9.17, 15) is 9.59 Å². The topological polar surface area (TPSA) is 55.9 Å². The van der Waals surface area contributed by atoms with Gasteiger partial charge in [0.15, 0.2) is 0 Å². The number of piperidine rings is 1. The van der Waals surface area contributed by atoms with Gasteiger partial charge >= 0.3 is 0 Å². The van der Waals surface area contributed by atoms with Crippen LogP contribution in [-0.4, -0.2) is 67.4 Å². The minimum absolute atomic E-state index is 0.0424. The summed E-state index contributed by atoms with van der Waals surface area (Å²) < 4.78 is 0. The Morgan fingerprint density at radius 1 is 1.00 bits per heavy atom. The smallest absolute Gasteiger partial charge is 0.263 e. The van der Waals surface area contributed by atoms with Crippen molar-refractivity contribution in [2.75, 3.05) is 56.0 Å². The van der Waals surface area contributed by atoms with Crippen molar-refractivity contribution in [1.29, 1.82) is 0 Å². The number of benzene rings is 1. The third-order valence-electron chi connectivity index (χ3n) is 6.20. The van der Waals surface area contributed by atoms with Crippen molar-refractivity contribution in [2.24, 2.45) is 5.92 Å². The molecule has 2 amide bonds. The maximum atomic E-state index is 12.7. The molecule has 4 rings (SSSR count). The molecule has 2 aliphatic heterocycles. The second-order valence-corrected chi connectivity index (χ2v) is 8.95. The number of carbonyl (C=O) groups is 2. The zero-order chi connectivity index (χ0) is 20.9. The molecule has 1 aromatic heterocycles. The van der Waals surface area contributed by atoms with E-state index in [4.69, 9.17) is 0 Å². The van der Waals surface area contributed by atoms with Gasteiger partial charge in [-0.1, -0.05) is 13.0 Å². The summed E-state index contributed by atoms with van der Waals surface area (Å²) >= 11 is 1.47. The normalized spacial score (nSPS) is 18.4. The number of hydrogen-bond acceptors (Lipinski definition) is 5. The van der Waals surface area contributed by atoms with Crippen LogP contribution in [0.3, 0.4) is 0 Å². The Balaban J connectivity index is 1.26. The second-order valence-electron chi connectivity index (χ2n) is 8.00. The highest BCUT2D eigenvalue weighted by Gasteiger charge is 2.28. The predicted octanol–water partition coefficient (Wildman–Crippen LogP) is 3.38. The van der Waals surface area contributed by atoms with Crippen molar-refractivity contribution in [3.05, 3.63) is 46.7 Å². The maximum absolute atomic E-state index is 12.7. The first-order chi connectivity index (χ1) is 14.6. The average Bonchev–Trinajstić information content (AvgIpc) is 3.34. The number of likely N-dealkylation sites (tertiary alicyclic amines) is 1. The van der Waals surface area contributed by atoms with Crippen LogP contribution in [-0.2, 0) is 4.79 Å². The first-order valence-corrected chi connectivity index (χ1v) is 11.7. The molecule has 0 spiro atoms. The van der Waals surface area contributed by atoms with E-state index in [1.54, 1.807) is 0 Å². The summed E-state index contributed by atoms with van der Waals surface area (Å²) in [5.74, 6) is 0.0981. The van der Waals surface area contributed by atoms with Crippen molar-refractivity contribution < 1.29 is 9.59 Å². The SMILES string of the molecule is CCN1CCN(c2ccc(NC(=O)C3CCN(C(=O)c4cccs4)CC3)cc2)CC1. The van der Waals surface area contributed by atoms with Gasteiger partial charge < -0.3 is 20.0 Å². The Morgan fingerprint density at radius 2 is 1.70 bits per heavy atom. The number of nitrogens with zero attached hydrogens (tertiary/aromatic N) is 3. The molecule has 7 heteroatoms. The van der Waals surface area contributed by atoms with E-state index in [0.717, 1.165) is 43.3 Å². The largest absolute Gasteiger partial charge is 0.369 e. The van der Waals surface area contributed by atoms with Crippen molar-refractivity contribution in [3.63, 3.8) is 0 Å². The summed E-state index contributed by atoms with van der Waals surface area (Å²) in [6.45, 7) is 8.88. The van der Waals surface area contributed by atoms with Crippen LogP contribution < -0.4 is 10.2 Å². The first kappa shape index (κ1) is 20.9. The molecule has 30 heavy (non-hydrogen) atoms. The van der Waals surface area contributed by atoms with Gasteiger partial charge in [-0.15, -0.1) is 11.3 Å². The van der Waals surface area contributed by atoms with Gasteiger partial charge in [0.05, 0.1) is 4.88 Å². The van der Waals surface area contributed by atoms with E-state index >= 15 is 0 Å². The van der Waals surface area contributed by atoms with E-state index in [1.807, 2.05) is 34.5 Å². The van der Waals surface area contributed by atoms with E-state index in [-0.39, 0.29) is 17.7 Å². The fourth-order valence-corrected chi connectivity index (χ4v) is 4.91. The molecule has 0 bridgehead atoms. The van der Waals surface area contributed by atoms with Crippen LogP contribution in [0.4, 0.5) is 11.4 Å². The molecule has 0 atom stereocenters. The Labute approximate surface area is 182 Å². The summed E-state index contributed by atoms with van der Waals surface area (Å²) in [7, 11) is 0. The highest BCUT2D eigenvalue weighted by Crippen LogP contribution is 2.24. The molecule has 0 unspecified atom stereocenters. The molecule has 6 nitrogen and oxygen atoms in total. The molecule has 1 N–H and O–H groups in total. The van der Waals surface area contributed by atoms with Crippen LogP contribution in [0, 0.1) is 5.92 Å². The van der Waals surface area contributed by atoms with Crippen LogP contribution in [0.2, 0.25) is 0 Å². The van der Waals surface area contributed by atoms with Crippen LogP contribution in [0.15, 0.2) is 41.8 Å². The van der Waals surface area contributed by atoms with Crippen molar-refractivity contribution in [3.8, 4) is 0 Å². The Morgan fingerprint density at radius 3 is 2.30 bits per heavy atom. The number of piperazine rings is 1. The lowest BCUT2D eigenvalue weighted by atomic mass is 9.95. The van der Waals surface area contributed by atoms with Gasteiger partial charge in [-0.2, -0.15) is 0 Å². The lowest BCUT2D eigenvalue weighted by molar-refractivity contribution is -0.121. The molecule has 160 valence electrons. The van der Waals surface area contributed by atoms with Gasteiger partial charge in [0.2, 0.25) is 5.91 Å². The van der Waals surface area contributed by atoms with Gasteiger partial charge in [-0.3, -0.25) is 9.59 Å². The Kier molecular flexibility index (Phi) is 6.69. The van der Waals surface area contributed by atoms with Crippen molar-refractivity contribution in [2.45, 2.75) is 19.8 Å². The molecular weight excluding hydrogens is 396 g/mol. The number of amides is 2. The molecule has 2 aliphatic rings. The standard InChI is InChI=1S/C23H30N4O2S/c1-2-25-13-15-26(16-14-25)20-7-5-19(6-8-20)24-22(28)18-9-11-27(12-10-18)23(29)21-4-3-17-30-21/h3-8,17-18H,2,9-16H2,1H3,(H,24,28). The van der Waals surface area contributed by atoms with Crippen molar-refractivity contribution >= 4 is 34.5 Å². The summed E-state index contributed by atoms with van der Waals surface area (Å²) in [4.78, 5) is 32.7. The Bertz CT molecular complexity index is 837. The molecule has 3 heterocycles. The summed E-state index contributed by atoms with van der Waals surface area (Å²) in [5, 5.41) is 4.98. The van der Waals surface area contributed by atoms with Crippen LogP contribution >= 0.6 is 11.3 Å². The van der Waals surface area contributed by atoms with E-state index in [0.29, 0.717) is 25.9 Å². The minimum atomic E-state index is -0.0424. The predicted molar refractivity (Wildman–Crippen MR) is 122 cm³/mol. The van der Waals surface area contributed by atoms with E-state index < -0.39 is 0 Å². The van der Waals surface area contributed by atoms with E-state index in [2.05, 4.69) is 34.2 Å². The number of thiophene rings is 1. The number of carbonyl (C=O) groups excluding carboxylic acids is 2. The van der Waals surface area contributed by atoms with Crippen LogP contribution in [0.25, 0.3) is 0 Å². The zero-order valence-corrected chi connectivity index (χ0v) is 18.4. The molecule has 0 saturated carbocycles. The first-order valence-electron chi connectivity index (χ1n) is 10.8. The average molecular weight is 427 g/mol. The minimum Gasteiger partial charge on any atom is -0.369 e. The number of nitrogens with one attached hydrogen (secondary N) is 1. The molecule has 1 aromatic carbocycles. The van der Waals surface area contributed by atoms with E-state index in [1.165, 1.54) is 17.0 Å².